The van der Waals surface area contributed by atoms with Crippen LogP contribution in [-0.2, 0) is 33.2 Å². The van der Waals surface area contributed by atoms with E-state index in [1.165, 1.54) is 0 Å². The maximum absolute atomic E-state index is 12.8. The van der Waals surface area contributed by atoms with Crippen LogP contribution in [0.5, 0.6) is 0 Å². The van der Waals surface area contributed by atoms with Gasteiger partial charge in [-0.3, -0.25) is 0 Å². The molecule has 8 rings (SSSR count). The molecule has 390 valence electrons. The summed E-state index contributed by atoms with van der Waals surface area (Å²) in [6.07, 6.45) is -24.4. The van der Waals surface area contributed by atoms with E-state index >= 15 is 0 Å². The van der Waals surface area contributed by atoms with E-state index < -0.39 is 168 Å². The van der Waals surface area contributed by atoms with Gasteiger partial charge in [0.2, 0.25) is 0 Å². The largest absolute Gasteiger partial charge is 0.479 e. The molecule has 3 aliphatic heterocycles. The number of carbonyl (C=O) groups is 1. The molecule has 5 aliphatic carbocycles. The first kappa shape index (κ1) is 52.8. The molecular formula is C48H78O20. The van der Waals surface area contributed by atoms with Crippen LogP contribution in [0.25, 0.3) is 0 Å². The Labute approximate surface area is 396 Å². The van der Waals surface area contributed by atoms with Gasteiger partial charge in [-0.25, -0.2) is 4.79 Å². The summed E-state index contributed by atoms with van der Waals surface area (Å²) in [5, 5.41) is 144. The second-order valence-electron chi connectivity index (χ2n) is 23.5. The Kier molecular flexibility index (Phi) is 14.1. The normalized spacial score (nSPS) is 55.3. The molecule has 0 aromatic carbocycles. The highest BCUT2D eigenvalue weighted by molar-refractivity contribution is 5.73. The van der Waals surface area contributed by atoms with E-state index in [9.17, 15) is 71.2 Å². The van der Waals surface area contributed by atoms with Crippen LogP contribution in [0.15, 0.2) is 11.6 Å². The molecule has 3 saturated heterocycles. The number of fused-ring (bicyclic) bond motifs is 7. The summed E-state index contributed by atoms with van der Waals surface area (Å²) < 4.78 is 36.3. The molecule has 0 aromatic rings. The van der Waals surface area contributed by atoms with Crippen LogP contribution in [0, 0.1) is 50.2 Å². The van der Waals surface area contributed by atoms with E-state index in [4.69, 9.17) is 28.4 Å². The number of carboxylic acids is 1. The van der Waals surface area contributed by atoms with Gasteiger partial charge in [0.25, 0.3) is 0 Å². The van der Waals surface area contributed by atoms with Crippen molar-refractivity contribution in [1.82, 2.24) is 0 Å². The van der Waals surface area contributed by atoms with Crippen LogP contribution in [0.1, 0.15) is 100 Å². The topological polar surface area (TPSA) is 335 Å². The van der Waals surface area contributed by atoms with Gasteiger partial charge in [-0.2, -0.15) is 0 Å². The van der Waals surface area contributed by atoms with E-state index in [1.54, 1.807) is 0 Å². The van der Waals surface area contributed by atoms with Gasteiger partial charge in [-0.05, 0) is 84.4 Å². The van der Waals surface area contributed by atoms with Gasteiger partial charge in [0.1, 0.15) is 61.0 Å². The number of rotatable bonds is 10. The molecule has 0 bridgehead atoms. The molecule has 8 aliphatic rings. The van der Waals surface area contributed by atoms with E-state index in [0.29, 0.717) is 44.9 Å². The summed E-state index contributed by atoms with van der Waals surface area (Å²) in [5.74, 6) is -2.00. The quantitative estimate of drug-likeness (QED) is 0.0889. The van der Waals surface area contributed by atoms with Crippen LogP contribution < -0.4 is 0 Å². The molecule has 8 unspecified atom stereocenters. The maximum Gasteiger partial charge on any atom is 0.335 e. The lowest BCUT2D eigenvalue weighted by Crippen LogP contribution is -2.75. The fourth-order valence-corrected chi connectivity index (χ4v) is 15.6. The molecular weight excluding hydrogens is 897 g/mol. The third-order valence-corrected chi connectivity index (χ3v) is 19.8. The molecule has 26 atom stereocenters. The van der Waals surface area contributed by atoms with Gasteiger partial charge in [-0.15, -0.1) is 0 Å². The molecule has 0 aromatic heterocycles. The number of hydrogen-bond acceptors (Lipinski definition) is 19. The standard InChI is InChI=1S/C48H78O20/c1-9-48-20(16-43(2,3)35(57)37(48)59)19-10-11-24-45(6)14-13-25(44(4,5)23(45)12-15-46(24,7)47(19,8)36(58)38(48)60)65-42-34(68-41-30(55)28(53)26(51)21(17-49)63-41)32(31(56)33(67-42)39(61)62)66-40-29(54)27(52)22(18-50)64-40/h10,20-38,40-42,49-60H,9,11-18H2,1-8H3,(H,61,62)/t20?,21?,22-,23?,24?,25-,26-,27?,28?,29-,30-,31-,32?,33?,34-,35-,36-,37-,38+,40-,41-,42+,45-,46+,47-,48+/m0/s1. The first-order chi connectivity index (χ1) is 31.6. The van der Waals surface area contributed by atoms with Crippen LogP contribution in [0.3, 0.4) is 0 Å². The van der Waals surface area contributed by atoms with E-state index in [2.05, 4.69) is 26.8 Å². The van der Waals surface area contributed by atoms with Gasteiger partial charge in [-0.1, -0.05) is 67.0 Å². The van der Waals surface area contributed by atoms with Crippen LogP contribution in [0.2, 0.25) is 0 Å². The van der Waals surface area contributed by atoms with Crippen LogP contribution in [0.4, 0.5) is 0 Å². The smallest absolute Gasteiger partial charge is 0.335 e. The minimum absolute atomic E-state index is 0.0146. The molecule has 0 amide bonds. The highest BCUT2D eigenvalue weighted by Crippen LogP contribution is 2.76. The van der Waals surface area contributed by atoms with E-state index in [1.807, 2.05) is 34.6 Å². The Morgan fingerprint density at radius 3 is 1.78 bits per heavy atom. The average Bonchev–Trinajstić information content (AvgIpc) is 3.55. The minimum Gasteiger partial charge on any atom is -0.479 e. The van der Waals surface area contributed by atoms with Crippen molar-refractivity contribution >= 4 is 5.97 Å². The summed E-state index contributed by atoms with van der Waals surface area (Å²) >= 11 is 0. The van der Waals surface area contributed by atoms with Gasteiger partial charge in [0.05, 0.1) is 43.7 Å². The lowest BCUT2D eigenvalue weighted by Gasteiger charge is -2.73. The summed E-state index contributed by atoms with van der Waals surface area (Å²) in [7, 11) is 0. The Balaban J connectivity index is 1.12. The predicted octanol–water partition coefficient (Wildman–Crippen LogP) is -1.35. The van der Waals surface area contributed by atoms with Crippen molar-refractivity contribution in [2.24, 2.45) is 50.2 Å². The van der Waals surface area contributed by atoms with Gasteiger partial charge in [0.15, 0.2) is 25.0 Å². The zero-order valence-electron chi connectivity index (χ0n) is 40.3. The Hall–Kier alpha value is -1.51. The summed E-state index contributed by atoms with van der Waals surface area (Å²) in [5.41, 5.74) is -3.34. The Morgan fingerprint density at radius 1 is 0.647 bits per heavy atom. The van der Waals surface area contributed by atoms with E-state index in [-0.39, 0.29) is 17.8 Å². The number of hydrogen-bond donors (Lipinski definition) is 13. The molecule has 13 N–H and O–H groups in total. The zero-order valence-corrected chi connectivity index (χ0v) is 40.3. The van der Waals surface area contributed by atoms with Crippen molar-refractivity contribution in [2.75, 3.05) is 13.2 Å². The molecule has 68 heavy (non-hydrogen) atoms. The lowest BCUT2D eigenvalue weighted by molar-refractivity contribution is -0.386. The van der Waals surface area contributed by atoms with E-state index in [0.717, 1.165) is 5.57 Å². The Morgan fingerprint density at radius 2 is 1.21 bits per heavy atom. The third kappa shape index (κ3) is 7.47. The summed E-state index contributed by atoms with van der Waals surface area (Å²) in [6.45, 7) is 14.9. The first-order valence-electron chi connectivity index (χ1n) is 24.5. The fraction of sp³-hybridized carbons (Fsp3) is 0.938. The summed E-state index contributed by atoms with van der Waals surface area (Å²) in [4.78, 5) is 12.8. The highest BCUT2D eigenvalue weighted by Gasteiger charge is 2.75. The number of ether oxygens (including phenoxy) is 6. The highest BCUT2D eigenvalue weighted by atomic mass is 16.8. The van der Waals surface area contributed by atoms with Crippen molar-refractivity contribution < 1.29 is 99.6 Å². The fourth-order valence-electron chi connectivity index (χ4n) is 15.6. The molecule has 4 saturated carbocycles. The number of aliphatic hydroxyl groups is 12. The third-order valence-electron chi connectivity index (χ3n) is 19.8. The first-order valence-corrected chi connectivity index (χ1v) is 24.5. The second kappa shape index (κ2) is 18.2. The maximum atomic E-state index is 12.8. The van der Waals surface area contributed by atoms with Crippen molar-refractivity contribution in [3.63, 3.8) is 0 Å². The van der Waals surface area contributed by atoms with Crippen molar-refractivity contribution in [2.45, 2.75) is 217 Å². The number of allylic oxidation sites excluding steroid dienone is 1. The van der Waals surface area contributed by atoms with Crippen LogP contribution in [-0.4, -0.2) is 202 Å². The SMILES string of the molecule is CC[C@@]12C(CC(C)(C)[C@@H](O)[C@@H]1O)C1=CCC3[C@@]4(C)CC[C@H](O[C@@H]5OC(C(=O)O)[C@@H](O)C(O[C@@H]6O[C@@H](CO)C(O)[C@@H]6O)[C@@H]5O[C@@H]5OC(CO)[C@H](O)C(O)[C@@H]5O)C(C)(C)C4CC[C@@]3(C)[C@]1(C)[C@@H](O)[C@H]2O. The van der Waals surface area contributed by atoms with Crippen molar-refractivity contribution in [3.05, 3.63) is 11.6 Å². The second-order valence-corrected chi connectivity index (χ2v) is 23.5. The molecule has 0 radical (unpaired) electrons. The van der Waals surface area contributed by atoms with Gasteiger partial charge in [0, 0.05) is 10.8 Å². The van der Waals surface area contributed by atoms with Gasteiger partial charge < -0.3 is 94.8 Å². The predicted molar refractivity (Wildman–Crippen MR) is 233 cm³/mol. The molecule has 20 heteroatoms. The van der Waals surface area contributed by atoms with Gasteiger partial charge >= 0.3 is 5.97 Å². The van der Waals surface area contributed by atoms with Crippen molar-refractivity contribution in [1.29, 1.82) is 0 Å². The Bertz CT molecular complexity index is 1880. The lowest BCUT2D eigenvalue weighted by atomic mass is 9.32. The number of aliphatic hydroxyl groups excluding tert-OH is 12. The molecule has 7 fully saturated rings. The number of aliphatic carboxylic acids is 1. The average molecular weight is 975 g/mol. The van der Waals surface area contributed by atoms with Crippen LogP contribution >= 0.6 is 0 Å². The number of carboxylic acid groups (broad SMARTS) is 1. The monoisotopic (exact) mass is 975 g/mol. The minimum atomic E-state index is -2.09. The summed E-state index contributed by atoms with van der Waals surface area (Å²) in [6, 6.07) is 0. The molecule has 20 nitrogen and oxygen atoms in total. The molecule has 3 heterocycles. The molecule has 0 spiro atoms. The zero-order chi connectivity index (χ0) is 50.2. The van der Waals surface area contributed by atoms with Crippen molar-refractivity contribution in [3.8, 4) is 0 Å².